The van der Waals surface area contributed by atoms with Crippen LogP contribution >= 0.6 is 0 Å². The first-order valence-electron chi connectivity index (χ1n) is 7.21. The lowest BCUT2D eigenvalue weighted by molar-refractivity contribution is -0.123. The van der Waals surface area contributed by atoms with Crippen LogP contribution in [0.1, 0.15) is 24.5 Å². The van der Waals surface area contributed by atoms with Crippen molar-refractivity contribution in [2.24, 2.45) is 5.10 Å². The number of nitrogens with zero attached hydrogens (tertiary/aromatic N) is 2. The average Bonchev–Trinajstić information content (AvgIpc) is 2.55. The zero-order chi connectivity index (χ0) is 15.6. The zero-order valence-corrected chi connectivity index (χ0v) is 12.5. The molecule has 1 heterocycles. The van der Waals surface area contributed by atoms with Gasteiger partial charge in [0.2, 0.25) is 0 Å². The summed E-state index contributed by atoms with van der Waals surface area (Å²) in [4.78, 5) is 15.6. The van der Waals surface area contributed by atoms with Crippen LogP contribution in [0, 0.1) is 0 Å². The van der Waals surface area contributed by atoms with Gasteiger partial charge in [-0.15, -0.1) is 0 Å². The Morgan fingerprint density at radius 3 is 2.82 bits per heavy atom. The molecule has 0 spiro atoms. The number of hydrogen-bond donors (Lipinski definition) is 1. The molecule has 0 unspecified atom stereocenters. The molecule has 0 aliphatic rings. The van der Waals surface area contributed by atoms with E-state index in [0.717, 1.165) is 18.4 Å². The predicted molar refractivity (Wildman–Crippen MR) is 85.9 cm³/mol. The van der Waals surface area contributed by atoms with Crippen molar-refractivity contribution >= 4 is 12.1 Å². The fourth-order valence-corrected chi connectivity index (χ4v) is 1.85. The minimum absolute atomic E-state index is 0.0719. The molecular weight excluding hydrogens is 278 g/mol. The number of hydrazone groups is 1. The number of carbonyl (C=O) groups excluding carboxylic acids is 1. The Morgan fingerprint density at radius 2 is 2.14 bits per heavy atom. The Hall–Kier alpha value is -2.69. The summed E-state index contributed by atoms with van der Waals surface area (Å²) < 4.78 is 5.41. The van der Waals surface area contributed by atoms with Crippen molar-refractivity contribution < 1.29 is 9.53 Å². The molecule has 0 saturated carbocycles. The number of pyridine rings is 1. The Labute approximate surface area is 130 Å². The average molecular weight is 297 g/mol. The van der Waals surface area contributed by atoms with Crippen molar-refractivity contribution in [1.82, 2.24) is 10.4 Å². The number of ether oxygens (including phenoxy) is 1. The van der Waals surface area contributed by atoms with E-state index in [4.69, 9.17) is 4.74 Å². The molecule has 0 aliphatic heterocycles. The molecule has 1 N–H and O–H groups in total. The maximum Gasteiger partial charge on any atom is 0.277 e. The van der Waals surface area contributed by atoms with Gasteiger partial charge in [-0.25, -0.2) is 5.43 Å². The smallest absolute Gasteiger partial charge is 0.277 e. The van der Waals surface area contributed by atoms with Gasteiger partial charge in [0, 0.05) is 18.0 Å². The minimum Gasteiger partial charge on any atom is -0.484 e. The number of benzene rings is 1. The Kier molecular flexibility index (Phi) is 6.11. The normalized spacial score (nSPS) is 10.6. The van der Waals surface area contributed by atoms with Gasteiger partial charge in [0.1, 0.15) is 5.75 Å². The maximum atomic E-state index is 11.6. The first-order valence-corrected chi connectivity index (χ1v) is 7.21. The molecule has 5 nitrogen and oxygen atoms in total. The highest BCUT2D eigenvalue weighted by Gasteiger charge is 2.01. The Morgan fingerprint density at radius 1 is 1.32 bits per heavy atom. The molecule has 0 bridgehead atoms. The van der Waals surface area contributed by atoms with Gasteiger partial charge in [0.05, 0.1) is 6.21 Å². The van der Waals surface area contributed by atoms with Gasteiger partial charge in [-0.1, -0.05) is 31.5 Å². The van der Waals surface area contributed by atoms with Crippen molar-refractivity contribution in [3.8, 4) is 5.75 Å². The van der Waals surface area contributed by atoms with Crippen LogP contribution in [0.15, 0.2) is 53.9 Å². The Bertz CT molecular complexity index is 610. The van der Waals surface area contributed by atoms with E-state index in [1.165, 1.54) is 11.8 Å². The summed E-state index contributed by atoms with van der Waals surface area (Å²) in [5.41, 5.74) is 4.49. The topological polar surface area (TPSA) is 63.6 Å². The summed E-state index contributed by atoms with van der Waals surface area (Å²) in [7, 11) is 0. The van der Waals surface area contributed by atoms with E-state index in [-0.39, 0.29) is 12.5 Å². The van der Waals surface area contributed by atoms with Crippen molar-refractivity contribution in [3.63, 3.8) is 0 Å². The van der Waals surface area contributed by atoms with Crippen LogP contribution in [-0.4, -0.2) is 23.7 Å². The van der Waals surface area contributed by atoms with Gasteiger partial charge < -0.3 is 4.74 Å². The molecule has 0 atom stereocenters. The highest BCUT2D eigenvalue weighted by molar-refractivity contribution is 5.82. The van der Waals surface area contributed by atoms with Gasteiger partial charge in [-0.3, -0.25) is 9.78 Å². The molecule has 0 aliphatic carbocycles. The number of aryl methyl sites for hydroxylation is 1. The van der Waals surface area contributed by atoms with Gasteiger partial charge in [-0.2, -0.15) is 5.10 Å². The summed E-state index contributed by atoms with van der Waals surface area (Å²) >= 11 is 0. The van der Waals surface area contributed by atoms with E-state index >= 15 is 0 Å². The van der Waals surface area contributed by atoms with E-state index < -0.39 is 0 Å². The molecule has 5 heteroatoms. The highest BCUT2D eigenvalue weighted by atomic mass is 16.5. The minimum atomic E-state index is -0.308. The number of hydrogen-bond acceptors (Lipinski definition) is 4. The van der Waals surface area contributed by atoms with Crippen LogP contribution in [0.3, 0.4) is 0 Å². The second kappa shape index (κ2) is 8.56. The molecule has 1 aromatic carbocycles. The van der Waals surface area contributed by atoms with E-state index in [0.29, 0.717) is 5.75 Å². The number of amides is 1. The maximum absolute atomic E-state index is 11.6. The Balaban J connectivity index is 1.74. The monoisotopic (exact) mass is 297 g/mol. The molecule has 1 aromatic heterocycles. The second-order valence-electron chi connectivity index (χ2n) is 4.76. The van der Waals surface area contributed by atoms with Crippen LogP contribution in [0.4, 0.5) is 0 Å². The van der Waals surface area contributed by atoms with Crippen molar-refractivity contribution in [3.05, 3.63) is 59.9 Å². The zero-order valence-electron chi connectivity index (χ0n) is 12.5. The quantitative estimate of drug-likeness (QED) is 0.631. The first kappa shape index (κ1) is 15.7. The van der Waals surface area contributed by atoms with Crippen LogP contribution in [0.25, 0.3) is 0 Å². The van der Waals surface area contributed by atoms with Gasteiger partial charge in [-0.05, 0) is 30.2 Å². The fraction of sp³-hybridized carbons (Fsp3) is 0.235. The lowest BCUT2D eigenvalue weighted by Gasteiger charge is -2.06. The van der Waals surface area contributed by atoms with Crippen LogP contribution in [0.5, 0.6) is 5.75 Å². The lowest BCUT2D eigenvalue weighted by Crippen LogP contribution is -2.24. The van der Waals surface area contributed by atoms with Crippen LogP contribution < -0.4 is 10.2 Å². The molecule has 0 saturated heterocycles. The van der Waals surface area contributed by atoms with Crippen molar-refractivity contribution in [2.45, 2.75) is 19.8 Å². The van der Waals surface area contributed by atoms with E-state index in [1.54, 1.807) is 18.5 Å². The van der Waals surface area contributed by atoms with Gasteiger partial charge >= 0.3 is 0 Å². The second-order valence-corrected chi connectivity index (χ2v) is 4.76. The summed E-state index contributed by atoms with van der Waals surface area (Å²) in [6.45, 7) is 2.07. The molecule has 0 radical (unpaired) electrons. The van der Waals surface area contributed by atoms with E-state index in [9.17, 15) is 4.79 Å². The first-order chi connectivity index (χ1) is 10.8. The molecular formula is C17H19N3O2. The fourth-order valence-electron chi connectivity index (χ4n) is 1.85. The van der Waals surface area contributed by atoms with Gasteiger partial charge in [0.15, 0.2) is 6.61 Å². The number of aromatic nitrogens is 1. The standard InChI is InChI=1S/C17H19N3O2/c1-2-4-14-6-8-16(9-7-14)22-13-17(21)20-19-12-15-5-3-10-18-11-15/h3,5-12H,2,4,13H2,1H3,(H,20,21)/b19-12-. The van der Waals surface area contributed by atoms with E-state index in [2.05, 4.69) is 22.4 Å². The third-order valence-electron chi connectivity index (χ3n) is 2.92. The molecule has 22 heavy (non-hydrogen) atoms. The molecule has 0 fully saturated rings. The molecule has 1 amide bonds. The third-order valence-corrected chi connectivity index (χ3v) is 2.92. The number of nitrogens with one attached hydrogen (secondary N) is 1. The number of rotatable bonds is 7. The molecule has 114 valence electrons. The van der Waals surface area contributed by atoms with Crippen LogP contribution in [0.2, 0.25) is 0 Å². The third kappa shape index (κ3) is 5.36. The summed E-state index contributed by atoms with van der Waals surface area (Å²) in [5, 5.41) is 3.85. The summed E-state index contributed by atoms with van der Waals surface area (Å²) in [6, 6.07) is 11.4. The molecule has 2 aromatic rings. The number of carbonyl (C=O) groups is 1. The lowest BCUT2D eigenvalue weighted by atomic mass is 10.1. The van der Waals surface area contributed by atoms with Crippen LogP contribution in [-0.2, 0) is 11.2 Å². The SMILES string of the molecule is CCCc1ccc(OCC(=O)N/N=C\c2cccnc2)cc1. The largest absolute Gasteiger partial charge is 0.484 e. The highest BCUT2D eigenvalue weighted by Crippen LogP contribution is 2.13. The predicted octanol–water partition coefficient (Wildman–Crippen LogP) is 2.56. The molecule has 2 rings (SSSR count). The van der Waals surface area contributed by atoms with Crippen molar-refractivity contribution in [2.75, 3.05) is 6.61 Å². The van der Waals surface area contributed by atoms with E-state index in [1.807, 2.05) is 30.3 Å². The van der Waals surface area contributed by atoms with Gasteiger partial charge in [0.25, 0.3) is 5.91 Å². The summed E-state index contributed by atoms with van der Waals surface area (Å²) in [5.74, 6) is 0.365. The van der Waals surface area contributed by atoms with Crippen molar-refractivity contribution in [1.29, 1.82) is 0 Å². The summed E-state index contributed by atoms with van der Waals surface area (Å²) in [6.07, 6.45) is 7.02.